The average molecular weight is 203 g/mol. The first-order chi connectivity index (χ1) is 6.41. The molecule has 2 unspecified atom stereocenters. The van der Waals surface area contributed by atoms with Crippen LogP contribution in [0.2, 0.25) is 0 Å². The maximum Gasteiger partial charge on any atom is 0.315 e. The van der Waals surface area contributed by atoms with Gasteiger partial charge in [-0.15, -0.1) is 0 Å². The number of carbonyl (C=O) groups excluding carboxylic acids is 1. The van der Waals surface area contributed by atoms with Crippen LogP contribution in [-0.4, -0.2) is 48.7 Å². The molecule has 5 heteroatoms. The minimum absolute atomic E-state index is 0.116. The molecule has 0 aromatic heterocycles. The van der Waals surface area contributed by atoms with Crippen molar-refractivity contribution in [3.63, 3.8) is 0 Å². The van der Waals surface area contributed by atoms with E-state index in [2.05, 4.69) is 0 Å². The summed E-state index contributed by atoms with van der Waals surface area (Å²) < 4.78 is 4.87. The standard InChI is InChI=1S/C9H17NO4/c1-6(5-14-4)10(3)8(11)7(2)9(12)13/h6-7H,5H2,1-4H3,(H,12,13). The molecular formula is C9H17NO4. The number of methoxy groups -OCH3 is 1. The molecule has 0 saturated carbocycles. The highest BCUT2D eigenvalue weighted by Crippen LogP contribution is 2.05. The summed E-state index contributed by atoms with van der Waals surface area (Å²) in [6, 6.07) is -0.116. The van der Waals surface area contributed by atoms with Crippen LogP contribution in [0, 0.1) is 5.92 Å². The number of carboxylic acids is 1. The summed E-state index contributed by atoms with van der Waals surface area (Å²) in [6.07, 6.45) is 0. The molecule has 2 atom stereocenters. The van der Waals surface area contributed by atoms with Gasteiger partial charge in [0.25, 0.3) is 0 Å². The van der Waals surface area contributed by atoms with Crippen molar-refractivity contribution in [2.24, 2.45) is 5.92 Å². The van der Waals surface area contributed by atoms with Gasteiger partial charge in [0, 0.05) is 14.2 Å². The Morgan fingerprint density at radius 1 is 1.43 bits per heavy atom. The molecule has 0 aromatic carbocycles. The smallest absolute Gasteiger partial charge is 0.315 e. The van der Waals surface area contributed by atoms with Crippen LogP contribution < -0.4 is 0 Å². The first-order valence-corrected chi connectivity index (χ1v) is 4.40. The van der Waals surface area contributed by atoms with Gasteiger partial charge in [-0.1, -0.05) is 0 Å². The predicted molar refractivity (Wildman–Crippen MR) is 50.9 cm³/mol. The van der Waals surface area contributed by atoms with Crippen molar-refractivity contribution in [3.8, 4) is 0 Å². The van der Waals surface area contributed by atoms with Crippen LogP contribution in [0.4, 0.5) is 0 Å². The van der Waals surface area contributed by atoms with E-state index in [1.54, 1.807) is 14.0 Å². The third-order valence-corrected chi connectivity index (χ3v) is 2.16. The number of amides is 1. The van der Waals surface area contributed by atoms with E-state index in [0.717, 1.165) is 0 Å². The highest BCUT2D eigenvalue weighted by Gasteiger charge is 2.26. The lowest BCUT2D eigenvalue weighted by molar-refractivity contribution is -0.150. The molecule has 0 fully saturated rings. The third kappa shape index (κ3) is 3.33. The highest BCUT2D eigenvalue weighted by molar-refractivity contribution is 5.96. The summed E-state index contributed by atoms with van der Waals surface area (Å²) in [5.41, 5.74) is 0. The number of ether oxygens (including phenoxy) is 1. The fourth-order valence-electron chi connectivity index (χ4n) is 0.981. The first kappa shape index (κ1) is 12.9. The van der Waals surface area contributed by atoms with E-state index in [0.29, 0.717) is 6.61 Å². The summed E-state index contributed by atoms with van der Waals surface area (Å²) in [5.74, 6) is -2.51. The van der Waals surface area contributed by atoms with Gasteiger partial charge in [0.15, 0.2) is 0 Å². The Hall–Kier alpha value is -1.10. The summed E-state index contributed by atoms with van der Waals surface area (Å²) in [6.45, 7) is 3.57. The summed E-state index contributed by atoms with van der Waals surface area (Å²) >= 11 is 0. The van der Waals surface area contributed by atoms with E-state index < -0.39 is 17.8 Å². The number of hydrogen-bond donors (Lipinski definition) is 1. The van der Waals surface area contributed by atoms with Crippen molar-refractivity contribution in [2.45, 2.75) is 19.9 Å². The molecular weight excluding hydrogens is 186 g/mol. The van der Waals surface area contributed by atoms with Crippen molar-refractivity contribution >= 4 is 11.9 Å². The molecule has 0 aliphatic carbocycles. The molecule has 0 aromatic rings. The van der Waals surface area contributed by atoms with E-state index in [9.17, 15) is 9.59 Å². The largest absolute Gasteiger partial charge is 0.481 e. The Morgan fingerprint density at radius 3 is 2.29 bits per heavy atom. The second kappa shape index (κ2) is 5.59. The fraction of sp³-hybridized carbons (Fsp3) is 0.778. The van der Waals surface area contributed by atoms with E-state index >= 15 is 0 Å². The highest BCUT2D eigenvalue weighted by atomic mass is 16.5. The Morgan fingerprint density at radius 2 is 1.93 bits per heavy atom. The number of rotatable bonds is 5. The van der Waals surface area contributed by atoms with Gasteiger partial charge in [-0.2, -0.15) is 0 Å². The van der Waals surface area contributed by atoms with Crippen LogP contribution in [0.25, 0.3) is 0 Å². The average Bonchev–Trinajstić information content (AvgIpc) is 2.14. The lowest BCUT2D eigenvalue weighted by Gasteiger charge is -2.25. The summed E-state index contributed by atoms with van der Waals surface area (Å²) in [7, 11) is 3.11. The molecule has 0 aliphatic heterocycles. The molecule has 14 heavy (non-hydrogen) atoms. The molecule has 5 nitrogen and oxygen atoms in total. The SMILES string of the molecule is COCC(C)N(C)C(=O)C(C)C(=O)O. The van der Waals surface area contributed by atoms with Crippen LogP contribution in [-0.2, 0) is 14.3 Å². The molecule has 0 rings (SSSR count). The molecule has 0 aliphatic rings. The second-order valence-corrected chi connectivity index (χ2v) is 3.31. The molecule has 82 valence electrons. The van der Waals surface area contributed by atoms with Gasteiger partial charge in [-0.05, 0) is 13.8 Å². The van der Waals surface area contributed by atoms with Crippen LogP contribution in [0.15, 0.2) is 0 Å². The number of carbonyl (C=O) groups is 2. The number of hydrogen-bond acceptors (Lipinski definition) is 3. The van der Waals surface area contributed by atoms with Gasteiger partial charge in [-0.25, -0.2) is 0 Å². The summed E-state index contributed by atoms with van der Waals surface area (Å²) in [5, 5.41) is 8.63. The molecule has 0 spiro atoms. The number of carboxylic acid groups (broad SMARTS) is 1. The van der Waals surface area contributed by atoms with E-state index in [-0.39, 0.29) is 6.04 Å². The van der Waals surface area contributed by atoms with Gasteiger partial charge < -0.3 is 14.7 Å². The topological polar surface area (TPSA) is 66.8 Å². The maximum atomic E-state index is 11.5. The van der Waals surface area contributed by atoms with Gasteiger partial charge >= 0.3 is 5.97 Å². The second-order valence-electron chi connectivity index (χ2n) is 3.31. The van der Waals surface area contributed by atoms with E-state index in [1.807, 2.05) is 0 Å². The first-order valence-electron chi connectivity index (χ1n) is 4.40. The van der Waals surface area contributed by atoms with Gasteiger partial charge in [0.1, 0.15) is 5.92 Å². The van der Waals surface area contributed by atoms with Crippen molar-refractivity contribution in [1.29, 1.82) is 0 Å². The lowest BCUT2D eigenvalue weighted by Crippen LogP contribution is -2.42. The maximum absolute atomic E-state index is 11.5. The van der Waals surface area contributed by atoms with Gasteiger partial charge in [0.05, 0.1) is 12.6 Å². The molecule has 0 radical (unpaired) electrons. The number of aliphatic carboxylic acids is 1. The minimum Gasteiger partial charge on any atom is -0.481 e. The quantitative estimate of drug-likeness (QED) is 0.648. The van der Waals surface area contributed by atoms with Crippen molar-refractivity contribution in [2.75, 3.05) is 20.8 Å². The van der Waals surface area contributed by atoms with Gasteiger partial charge in [-0.3, -0.25) is 9.59 Å². The Bertz CT molecular complexity index is 217. The Labute approximate surface area is 83.6 Å². The Balaban J connectivity index is 4.30. The van der Waals surface area contributed by atoms with Crippen molar-refractivity contribution in [3.05, 3.63) is 0 Å². The normalized spacial score (nSPS) is 14.6. The molecule has 1 N–H and O–H groups in total. The zero-order valence-electron chi connectivity index (χ0n) is 8.98. The van der Waals surface area contributed by atoms with Crippen LogP contribution >= 0.6 is 0 Å². The molecule has 0 heterocycles. The van der Waals surface area contributed by atoms with Crippen LogP contribution in [0.1, 0.15) is 13.8 Å². The van der Waals surface area contributed by atoms with Crippen molar-refractivity contribution in [1.82, 2.24) is 4.90 Å². The zero-order valence-corrected chi connectivity index (χ0v) is 8.98. The monoisotopic (exact) mass is 203 g/mol. The number of nitrogens with zero attached hydrogens (tertiary/aromatic N) is 1. The minimum atomic E-state index is -1.11. The van der Waals surface area contributed by atoms with E-state index in [1.165, 1.54) is 18.9 Å². The van der Waals surface area contributed by atoms with Crippen LogP contribution in [0.3, 0.4) is 0 Å². The molecule has 0 bridgehead atoms. The van der Waals surface area contributed by atoms with Gasteiger partial charge in [0.2, 0.25) is 5.91 Å². The third-order valence-electron chi connectivity index (χ3n) is 2.16. The Kier molecular flexibility index (Phi) is 5.15. The van der Waals surface area contributed by atoms with Crippen molar-refractivity contribution < 1.29 is 19.4 Å². The lowest BCUT2D eigenvalue weighted by atomic mass is 10.1. The summed E-state index contributed by atoms with van der Waals surface area (Å²) in [4.78, 5) is 23.4. The van der Waals surface area contributed by atoms with E-state index in [4.69, 9.17) is 9.84 Å². The zero-order chi connectivity index (χ0) is 11.3. The predicted octanol–water partition coefficient (Wildman–Crippen LogP) is 0.200. The number of likely N-dealkylation sites (N-methyl/N-ethyl adjacent to an activating group) is 1. The molecule has 0 saturated heterocycles. The fourth-order valence-corrected chi connectivity index (χ4v) is 0.981. The van der Waals surface area contributed by atoms with Crippen LogP contribution in [0.5, 0.6) is 0 Å². The molecule has 1 amide bonds.